The van der Waals surface area contributed by atoms with Gasteiger partial charge in [0.1, 0.15) is 0 Å². The molecule has 1 N–H and O–H groups in total. The number of rotatable bonds is 6. The SMILES string of the molecule is CCC(C)NC(=O)C1CC1C(=O)N1CCN(Cc2ccccc2)CC1. The number of amides is 2. The molecule has 0 radical (unpaired) electrons. The number of hydrogen-bond donors (Lipinski definition) is 1. The number of benzene rings is 1. The van der Waals surface area contributed by atoms with E-state index >= 15 is 0 Å². The Hall–Kier alpha value is -1.88. The van der Waals surface area contributed by atoms with Crippen molar-refractivity contribution in [2.75, 3.05) is 26.2 Å². The Morgan fingerprint density at radius 2 is 1.80 bits per heavy atom. The predicted octanol–water partition coefficient (Wildman–Crippen LogP) is 1.88. The van der Waals surface area contributed by atoms with E-state index in [9.17, 15) is 9.59 Å². The molecule has 1 aromatic carbocycles. The maximum atomic E-state index is 12.6. The smallest absolute Gasteiger partial charge is 0.226 e. The Balaban J connectivity index is 1.43. The number of hydrogen-bond acceptors (Lipinski definition) is 3. The maximum Gasteiger partial charge on any atom is 0.226 e. The largest absolute Gasteiger partial charge is 0.353 e. The van der Waals surface area contributed by atoms with Crippen LogP contribution < -0.4 is 5.32 Å². The van der Waals surface area contributed by atoms with Gasteiger partial charge in [0.2, 0.25) is 11.8 Å². The van der Waals surface area contributed by atoms with Crippen molar-refractivity contribution in [2.24, 2.45) is 11.8 Å². The molecule has 1 saturated carbocycles. The molecule has 1 saturated heterocycles. The van der Waals surface area contributed by atoms with E-state index in [2.05, 4.69) is 41.4 Å². The Kier molecular flexibility index (Phi) is 5.74. The molecule has 136 valence electrons. The number of carbonyl (C=O) groups excluding carboxylic acids is 2. The minimum Gasteiger partial charge on any atom is -0.353 e. The summed E-state index contributed by atoms with van der Waals surface area (Å²) in [5.74, 6) is 0.0210. The van der Waals surface area contributed by atoms with E-state index in [1.165, 1.54) is 5.56 Å². The van der Waals surface area contributed by atoms with E-state index in [4.69, 9.17) is 0 Å². The quantitative estimate of drug-likeness (QED) is 0.858. The fourth-order valence-electron chi connectivity index (χ4n) is 3.41. The first kappa shape index (κ1) is 17.9. The van der Waals surface area contributed by atoms with Gasteiger partial charge in [0.05, 0.1) is 11.8 Å². The van der Waals surface area contributed by atoms with Crippen LogP contribution in [0.2, 0.25) is 0 Å². The van der Waals surface area contributed by atoms with Crippen molar-refractivity contribution in [3.63, 3.8) is 0 Å². The van der Waals surface area contributed by atoms with E-state index in [1.807, 2.05) is 17.9 Å². The normalized spacial score (nSPS) is 24.6. The van der Waals surface area contributed by atoms with Crippen LogP contribution in [0.3, 0.4) is 0 Å². The summed E-state index contributed by atoms with van der Waals surface area (Å²) in [6, 6.07) is 10.6. The fraction of sp³-hybridized carbons (Fsp3) is 0.600. The topological polar surface area (TPSA) is 52.7 Å². The first-order valence-corrected chi connectivity index (χ1v) is 9.44. The summed E-state index contributed by atoms with van der Waals surface area (Å²) in [6.45, 7) is 8.32. The first-order chi connectivity index (χ1) is 12.1. The van der Waals surface area contributed by atoms with Gasteiger partial charge in [0, 0.05) is 38.8 Å². The van der Waals surface area contributed by atoms with Crippen LogP contribution in [0.5, 0.6) is 0 Å². The van der Waals surface area contributed by atoms with Gasteiger partial charge in [-0.25, -0.2) is 0 Å². The molecule has 1 aliphatic carbocycles. The van der Waals surface area contributed by atoms with Gasteiger partial charge in [-0.2, -0.15) is 0 Å². The molecule has 2 amide bonds. The van der Waals surface area contributed by atoms with E-state index in [-0.39, 0.29) is 29.7 Å². The maximum absolute atomic E-state index is 12.6. The molecule has 3 atom stereocenters. The molecule has 25 heavy (non-hydrogen) atoms. The average Bonchev–Trinajstić information content (AvgIpc) is 3.43. The summed E-state index contributed by atoms with van der Waals surface area (Å²) < 4.78 is 0. The number of nitrogens with one attached hydrogen (secondary N) is 1. The third kappa shape index (κ3) is 4.60. The van der Waals surface area contributed by atoms with Gasteiger partial charge in [-0.3, -0.25) is 14.5 Å². The predicted molar refractivity (Wildman–Crippen MR) is 97.8 cm³/mol. The molecule has 1 heterocycles. The highest BCUT2D eigenvalue weighted by Gasteiger charge is 2.49. The number of nitrogens with zero attached hydrogens (tertiary/aromatic N) is 2. The van der Waals surface area contributed by atoms with Crippen LogP contribution in [0.4, 0.5) is 0 Å². The molecule has 2 aliphatic rings. The van der Waals surface area contributed by atoms with Crippen molar-refractivity contribution in [1.29, 1.82) is 0 Å². The molecule has 3 unspecified atom stereocenters. The Morgan fingerprint density at radius 3 is 2.44 bits per heavy atom. The standard InChI is InChI=1S/C20H29N3O2/c1-3-15(2)21-19(24)17-13-18(17)20(25)23-11-9-22(10-12-23)14-16-7-5-4-6-8-16/h4-8,15,17-18H,3,9-14H2,1-2H3,(H,21,24). The van der Waals surface area contributed by atoms with Gasteiger partial charge in [-0.05, 0) is 25.3 Å². The van der Waals surface area contributed by atoms with Crippen molar-refractivity contribution in [3.05, 3.63) is 35.9 Å². The highest BCUT2D eigenvalue weighted by Crippen LogP contribution is 2.40. The fourth-order valence-corrected chi connectivity index (χ4v) is 3.41. The molecule has 0 bridgehead atoms. The van der Waals surface area contributed by atoms with Crippen molar-refractivity contribution in [1.82, 2.24) is 15.1 Å². The van der Waals surface area contributed by atoms with Gasteiger partial charge in [0.15, 0.2) is 0 Å². The summed E-state index contributed by atoms with van der Waals surface area (Å²) in [6.07, 6.45) is 1.63. The zero-order valence-corrected chi connectivity index (χ0v) is 15.3. The van der Waals surface area contributed by atoms with E-state index < -0.39 is 0 Å². The second kappa shape index (κ2) is 8.00. The highest BCUT2D eigenvalue weighted by atomic mass is 16.2. The highest BCUT2D eigenvalue weighted by molar-refractivity contribution is 5.92. The van der Waals surface area contributed by atoms with Gasteiger partial charge in [0.25, 0.3) is 0 Å². The van der Waals surface area contributed by atoms with Gasteiger partial charge < -0.3 is 10.2 Å². The zero-order valence-electron chi connectivity index (χ0n) is 15.3. The van der Waals surface area contributed by atoms with E-state index in [0.717, 1.165) is 39.1 Å². The summed E-state index contributed by atoms with van der Waals surface area (Å²) in [7, 11) is 0. The molecule has 5 nitrogen and oxygen atoms in total. The molecule has 1 aromatic rings. The second-order valence-corrected chi connectivity index (χ2v) is 7.35. The third-order valence-electron chi connectivity index (χ3n) is 5.38. The van der Waals surface area contributed by atoms with Crippen LogP contribution in [-0.2, 0) is 16.1 Å². The molecule has 1 aliphatic heterocycles. The number of piperazine rings is 1. The molecule has 5 heteroatoms. The molecule has 0 aromatic heterocycles. The monoisotopic (exact) mass is 343 g/mol. The first-order valence-electron chi connectivity index (χ1n) is 9.44. The average molecular weight is 343 g/mol. The lowest BCUT2D eigenvalue weighted by molar-refractivity contribution is -0.136. The van der Waals surface area contributed by atoms with Crippen LogP contribution in [0, 0.1) is 11.8 Å². The lowest BCUT2D eigenvalue weighted by Crippen LogP contribution is -2.49. The summed E-state index contributed by atoms with van der Waals surface area (Å²) >= 11 is 0. The van der Waals surface area contributed by atoms with Crippen LogP contribution in [0.25, 0.3) is 0 Å². The lowest BCUT2D eigenvalue weighted by Gasteiger charge is -2.35. The van der Waals surface area contributed by atoms with Crippen LogP contribution in [0.15, 0.2) is 30.3 Å². The number of carbonyl (C=O) groups is 2. The third-order valence-corrected chi connectivity index (χ3v) is 5.38. The van der Waals surface area contributed by atoms with Crippen LogP contribution in [-0.4, -0.2) is 53.8 Å². The summed E-state index contributed by atoms with van der Waals surface area (Å²) in [5, 5.41) is 3.00. The van der Waals surface area contributed by atoms with E-state index in [0.29, 0.717) is 6.42 Å². The second-order valence-electron chi connectivity index (χ2n) is 7.35. The zero-order chi connectivity index (χ0) is 17.8. The molecular formula is C20H29N3O2. The minimum atomic E-state index is -0.108. The molecule has 2 fully saturated rings. The Morgan fingerprint density at radius 1 is 1.12 bits per heavy atom. The molecule has 0 spiro atoms. The summed E-state index contributed by atoms with van der Waals surface area (Å²) in [5.41, 5.74) is 1.31. The summed E-state index contributed by atoms with van der Waals surface area (Å²) in [4.78, 5) is 29.1. The van der Waals surface area contributed by atoms with Crippen LogP contribution in [0.1, 0.15) is 32.3 Å². The van der Waals surface area contributed by atoms with Crippen molar-refractivity contribution >= 4 is 11.8 Å². The van der Waals surface area contributed by atoms with E-state index in [1.54, 1.807) is 0 Å². The van der Waals surface area contributed by atoms with Crippen molar-refractivity contribution < 1.29 is 9.59 Å². The van der Waals surface area contributed by atoms with Gasteiger partial charge in [-0.1, -0.05) is 37.3 Å². The Bertz CT molecular complexity index is 596. The van der Waals surface area contributed by atoms with Crippen molar-refractivity contribution in [3.8, 4) is 0 Å². The Labute approximate surface area is 150 Å². The van der Waals surface area contributed by atoms with Crippen molar-refractivity contribution in [2.45, 2.75) is 39.3 Å². The minimum absolute atomic E-state index is 0.0513. The molecular weight excluding hydrogens is 314 g/mol. The lowest BCUT2D eigenvalue weighted by atomic mass is 10.2. The van der Waals surface area contributed by atoms with Gasteiger partial charge >= 0.3 is 0 Å². The van der Waals surface area contributed by atoms with Crippen LogP contribution >= 0.6 is 0 Å². The molecule has 3 rings (SSSR count). The van der Waals surface area contributed by atoms with Gasteiger partial charge in [-0.15, -0.1) is 0 Å².